The maximum absolute atomic E-state index is 12.7. The van der Waals surface area contributed by atoms with Crippen molar-refractivity contribution in [2.45, 2.75) is 36.3 Å². The highest BCUT2D eigenvalue weighted by molar-refractivity contribution is 8.00. The van der Waals surface area contributed by atoms with Gasteiger partial charge in [0.15, 0.2) is 4.34 Å². The molecule has 1 atom stereocenters. The summed E-state index contributed by atoms with van der Waals surface area (Å²) in [7, 11) is 0. The summed E-state index contributed by atoms with van der Waals surface area (Å²) in [5.41, 5.74) is 3.19. The number of thioether (sulfide) groups is 1. The van der Waals surface area contributed by atoms with Crippen LogP contribution in [0.15, 0.2) is 34.0 Å². The standard InChI is InChI=1S/C19H18ClN3OS3/c1-11-2-7-14-15(10-25-16(14)8-11)17(24)21-18-22-23-19(27-18)26-9-12-3-5-13(20)6-4-12/h3-6,10-11H,2,7-9H2,1H3,(H,21,22,24). The number of nitrogens with one attached hydrogen (secondary N) is 1. The van der Waals surface area contributed by atoms with E-state index in [1.165, 1.54) is 27.3 Å². The van der Waals surface area contributed by atoms with E-state index in [9.17, 15) is 4.79 Å². The molecule has 0 saturated heterocycles. The van der Waals surface area contributed by atoms with Crippen LogP contribution in [-0.2, 0) is 18.6 Å². The molecule has 0 radical (unpaired) electrons. The topological polar surface area (TPSA) is 54.9 Å². The molecule has 1 amide bonds. The first kappa shape index (κ1) is 18.9. The van der Waals surface area contributed by atoms with Gasteiger partial charge in [-0.25, -0.2) is 0 Å². The maximum Gasteiger partial charge on any atom is 0.258 e. The van der Waals surface area contributed by atoms with Crippen molar-refractivity contribution in [1.82, 2.24) is 10.2 Å². The molecular formula is C19H18ClN3OS3. The first-order chi connectivity index (χ1) is 13.1. The Labute approximate surface area is 175 Å². The van der Waals surface area contributed by atoms with Gasteiger partial charge in [0.25, 0.3) is 5.91 Å². The van der Waals surface area contributed by atoms with Crippen LogP contribution in [0.2, 0.25) is 5.02 Å². The van der Waals surface area contributed by atoms with E-state index < -0.39 is 0 Å². The second-order valence-corrected chi connectivity index (χ2v) is 10.2. The van der Waals surface area contributed by atoms with Crippen molar-refractivity contribution >= 4 is 57.1 Å². The zero-order chi connectivity index (χ0) is 18.8. The fourth-order valence-electron chi connectivity index (χ4n) is 3.08. The van der Waals surface area contributed by atoms with Gasteiger partial charge in [0.1, 0.15) is 0 Å². The van der Waals surface area contributed by atoms with Gasteiger partial charge >= 0.3 is 0 Å². The number of nitrogens with zero attached hydrogens (tertiary/aromatic N) is 2. The molecule has 1 aliphatic carbocycles. The second kappa shape index (κ2) is 8.31. The van der Waals surface area contributed by atoms with Gasteiger partial charge in [-0.2, -0.15) is 0 Å². The van der Waals surface area contributed by atoms with Gasteiger partial charge in [-0.05, 0) is 48.4 Å². The number of anilines is 1. The number of benzene rings is 1. The van der Waals surface area contributed by atoms with Crippen molar-refractivity contribution in [3.8, 4) is 0 Å². The van der Waals surface area contributed by atoms with Crippen LogP contribution < -0.4 is 5.32 Å². The Hall–Kier alpha value is -1.41. The normalized spacial score (nSPS) is 16.1. The summed E-state index contributed by atoms with van der Waals surface area (Å²) in [4.78, 5) is 14.0. The van der Waals surface area contributed by atoms with Gasteiger partial charge in [-0.15, -0.1) is 21.5 Å². The number of fused-ring (bicyclic) bond motifs is 1. The van der Waals surface area contributed by atoms with Crippen molar-refractivity contribution in [2.24, 2.45) is 5.92 Å². The fraction of sp³-hybridized carbons (Fsp3) is 0.316. The van der Waals surface area contributed by atoms with Crippen LogP contribution in [0.3, 0.4) is 0 Å². The molecule has 4 nitrogen and oxygen atoms in total. The lowest BCUT2D eigenvalue weighted by Crippen LogP contribution is -2.16. The third-order valence-corrected chi connectivity index (χ3v) is 7.90. The Balaban J connectivity index is 1.38. The van der Waals surface area contributed by atoms with E-state index in [0.29, 0.717) is 11.0 Å². The molecule has 1 aromatic carbocycles. The van der Waals surface area contributed by atoms with Crippen LogP contribution in [0, 0.1) is 5.92 Å². The monoisotopic (exact) mass is 435 g/mol. The lowest BCUT2D eigenvalue weighted by atomic mass is 9.88. The van der Waals surface area contributed by atoms with Gasteiger partial charge in [-0.3, -0.25) is 10.1 Å². The lowest BCUT2D eigenvalue weighted by molar-refractivity contribution is 0.102. The molecule has 2 heterocycles. The number of carbonyl (C=O) groups excluding carboxylic acids is 1. The summed E-state index contributed by atoms with van der Waals surface area (Å²) in [6, 6.07) is 7.76. The van der Waals surface area contributed by atoms with Crippen LogP contribution in [0.4, 0.5) is 5.13 Å². The molecule has 0 fully saturated rings. The molecular weight excluding hydrogens is 418 g/mol. The molecule has 1 unspecified atom stereocenters. The third-order valence-electron chi connectivity index (χ3n) is 4.55. The molecule has 0 saturated carbocycles. The van der Waals surface area contributed by atoms with Gasteiger partial charge in [0.2, 0.25) is 5.13 Å². The van der Waals surface area contributed by atoms with E-state index in [0.717, 1.165) is 39.9 Å². The molecule has 1 aliphatic rings. The van der Waals surface area contributed by atoms with Crippen LogP contribution in [0.5, 0.6) is 0 Å². The highest BCUT2D eigenvalue weighted by Gasteiger charge is 2.23. The molecule has 4 rings (SSSR count). The Morgan fingerprint density at radius 2 is 2.15 bits per heavy atom. The number of halogens is 1. The molecule has 2 aromatic heterocycles. The number of hydrogen-bond acceptors (Lipinski definition) is 6. The molecule has 27 heavy (non-hydrogen) atoms. The first-order valence-electron chi connectivity index (χ1n) is 8.70. The number of amides is 1. The van der Waals surface area contributed by atoms with Crippen molar-refractivity contribution in [3.63, 3.8) is 0 Å². The maximum atomic E-state index is 12.7. The van der Waals surface area contributed by atoms with E-state index in [1.54, 1.807) is 23.1 Å². The predicted octanol–water partition coefficient (Wildman–Crippen LogP) is 5.92. The summed E-state index contributed by atoms with van der Waals surface area (Å²) in [6.07, 6.45) is 3.22. The Kier molecular flexibility index (Phi) is 5.82. The molecule has 140 valence electrons. The Morgan fingerprint density at radius 3 is 2.96 bits per heavy atom. The van der Waals surface area contributed by atoms with Crippen molar-refractivity contribution in [1.29, 1.82) is 0 Å². The molecule has 0 spiro atoms. The molecule has 1 N–H and O–H groups in total. The van der Waals surface area contributed by atoms with Crippen LogP contribution in [0.1, 0.15) is 39.7 Å². The van der Waals surface area contributed by atoms with Gasteiger partial charge in [0, 0.05) is 21.0 Å². The quantitative estimate of drug-likeness (QED) is 0.399. The Morgan fingerprint density at radius 1 is 1.33 bits per heavy atom. The van der Waals surface area contributed by atoms with Crippen molar-refractivity contribution in [2.75, 3.05) is 5.32 Å². The minimum absolute atomic E-state index is 0.0764. The zero-order valence-corrected chi connectivity index (χ0v) is 17.9. The lowest BCUT2D eigenvalue weighted by Gasteiger charge is -2.18. The molecule has 0 aliphatic heterocycles. The smallest absolute Gasteiger partial charge is 0.258 e. The summed E-state index contributed by atoms with van der Waals surface area (Å²) in [5, 5.41) is 14.5. The van der Waals surface area contributed by atoms with E-state index in [1.807, 2.05) is 29.6 Å². The highest BCUT2D eigenvalue weighted by atomic mass is 35.5. The van der Waals surface area contributed by atoms with Gasteiger partial charge in [-0.1, -0.05) is 53.8 Å². The number of aromatic nitrogens is 2. The summed E-state index contributed by atoms with van der Waals surface area (Å²) < 4.78 is 0.835. The van der Waals surface area contributed by atoms with E-state index in [4.69, 9.17) is 11.6 Å². The van der Waals surface area contributed by atoms with E-state index in [-0.39, 0.29) is 5.91 Å². The number of thiophene rings is 1. The average Bonchev–Trinajstić information content (AvgIpc) is 3.27. The number of hydrogen-bond donors (Lipinski definition) is 1. The SMILES string of the molecule is CC1CCc2c(C(=O)Nc3nnc(SCc4ccc(Cl)cc4)s3)csc2C1. The van der Waals surface area contributed by atoms with Gasteiger partial charge in [0.05, 0.1) is 5.56 Å². The van der Waals surface area contributed by atoms with E-state index in [2.05, 4.69) is 22.4 Å². The Bertz CT molecular complexity index is 952. The summed E-state index contributed by atoms with van der Waals surface area (Å²) >= 11 is 10.6. The fourth-order valence-corrected chi connectivity index (χ4v) is 6.15. The summed E-state index contributed by atoms with van der Waals surface area (Å²) in [6.45, 7) is 2.27. The number of rotatable bonds is 5. The van der Waals surface area contributed by atoms with Crippen LogP contribution in [0.25, 0.3) is 0 Å². The molecule has 8 heteroatoms. The average molecular weight is 436 g/mol. The molecule has 3 aromatic rings. The predicted molar refractivity (Wildman–Crippen MR) is 114 cm³/mol. The minimum atomic E-state index is -0.0764. The van der Waals surface area contributed by atoms with Crippen LogP contribution >= 0.6 is 46.0 Å². The van der Waals surface area contributed by atoms with Crippen molar-refractivity contribution < 1.29 is 4.79 Å². The first-order valence-corrected chi connectivity index (χ1v) is 11.8. The van der Waals surface area contributed by atoms with E-state index >= 15 is 0 Å². The minimum Gasteiger partial charge on any atom is -0.296 e. The van der Waals surface area contributed by atoms with Crippen LogP contribution in [-0.4, -0.2) is 16.1 Å². The second-order valence-electron chi connectivity index (χ2n) is 6.64. The highest BCUT2D eigenvalue weighted by Crippen LogP contribution is 2.34. The largest absolute Gasteiger partial charge is 0.296 e. The van der Waals surface area contributed by atoms with Gasteiger partial charge < -0.3 is 0 Å². The van der Waals surface area contributed by atoms with Crippen molar-refractivity contribution in [3.05, 3.63) is 56.2 Å². The number of carbonyl (C=O) groups is 1. The zero-order valence-electron chi connectivity index (χ0n) is 14.7. The third kappa shape index (κ3) is 4.54. The summed E-state index contributed by atoms with van der Waals surface area (Å²) in [5.74, 6) is 1.42. The molecule has 0 bridgehead atoms.